The third kappa shape index (κ3) is 4.98. The van der Waals surface area contributed by atoms with Crippen LogP contribution in [0.4, 0.5) is 0 Å². The van der Waals surface area contributed by atoms with Gasteiger partial charge in [-0.05, 0) is 54.1 Å². The Balaban J connectivity index is 1.07. The predicted octanol–water partition coefficient (Wildman–Crippen LogP) is 13.9. The topological polar surface area (TPSA) is 56.7 Å². The molecule has 0 amide bonds. The molecule has 57 heavy (non-hydrogen) atoms. The quantitative estimate of drug-likeness (QED) is 0.176. The molecule has 0 fully saturated rings. The van der Waals surface area contributed by atoms with Crippen LogP contribution in [0.3, 0.4) is 0 Å². The summed E-state index contributed by atoms with van der Waals surface area (Å²) < 4.78 is 11.7. The Hall–Kier alpha value is -7.41. The van der Waals surface area contributed by atoms with Gasteiger partial charge in [0, 0.05) is 58.6 Å². The summed E-state index contributed by atoms with van der Waals surface area (Å²) >= 11 is 1.80. The molecule has 0 radical (unpaired) electrons. The molecule has 0 aliphatic carbocycles. The van der Waals surface area contributed by atoms with Gasteiger partial charge in [0.25, 0.3) is 0 Å². The third-order valence-corrected chi connectivity index (χ3v) is 12.2. The van der Waals surface area contributed by atoms with Crippen LogP contribution in [-0.4, -0.2) is 19.5 Å². The summed E-state index contributed by atoms with van der Waals surface area (Å²) in [6.45, 7) is 0. The van der Waals surface area contributed by atoms with Crippen LogP contribution in [0.25, 0.3) is 115 Å². The van der Waals surface area contributed by atoms with Crippen LogP contribution in [0.15, 0.2) is 186 Å². The van der Waals surface area contributed by atoms with Gasteiger partial charge in [0.05, 0.1) is 22.1 Å². The lowest BCUT2D eigenvalue weighted by molar-refractivity contribution is 0.670. The summed E-state index contributed by atoms with van der Waals surface area (Å²) in [6, 6.07) is 63.7. The zero-order valence-electron chi connectivity index (χ0n) is 30.4. The summed E-state index contributed by atoms with van der Waals surface area (Å²) in [6.07, 6.45) is 0. The summed E-state index contributed by atoms with van der Waals surface area (Å²) in [4.78, 5) is 15.0. The molecule has 0 saturated carbocycles. The van der Waals surface area contributed by atoms with Gasteiger partial charge in [-0.1, -0.05) is 133 Å². The molecule has 4 aromatic heterocycles. The van der Waals surface area contributed by atoms with Gasteiger partial charge in [-0.15, -0.1) is 11.3 Å². The number of hydrogen-bond acceptors (Lipinski definition) is 5. The van der Waals surface area contributed by atoms with E-state index in [1.807, 2.05) is 60.7 Å². The fourth-order valence-electron chi connectivity index (χ4n) is 8.54. The van der Waals surface area contributed by atoms with E-state index in [4.69, 9.17) is 19.4 Å². The second-order valence-corrected chi connectivity index (χ2v) is 15.4. The fraction of sp³-hybridized carbons (Fsp3) is 0. The number of hydrogen-bond donors (Lipinski definition) is 0. The largest absolute Gasteiger partial charge is 0.455 e. The lowest BCUT2D eigenvalue weighted by Gasteiger charge is -2.10. The Bertz CT molecular complexity index is 3420. The molecule has 0 unspecified atom stereocenters. The maximum atomic E-state index is 6.90. The highest BCUT2D eigenvalue weighted by Crippen LogP contribution is 2.46. The average molecular weight is 747 g/mol. The maximum absolute atomic E-state index is 6.90. The van der Waals surface area contributed by atoms with Crippen molar-refractivity contribution < 1.29 is 4.42 Å². The molecule has 6 heteroatoms. The van der Waals surface area contributed by atoms with Crippen molar-refractivity contribution in [3.05, 3.63) is 182 Å². The molecule has 266 valence electrons. The molecule has 0 saturated heterocycles. The van der Waals surface area contributed by atoms with E-state index in [9.17, 15) is 0 Å². The average Bonchev–Trinajstić information content (AvgIpc) is 3.96. The van der Waals surface area contributed by atoms with E-state index >= 15 is 0 Å². The van der Waals surface area contributed by atoms with Gasteiger partial charge in [0.15, 0.2) is 17.5 Å². The Kier molecular flexibility index (Phi) is 7.03. The molecule has 0 spiro atoms. The van der Waals surface area contributed by atoms with Gasteiger partial charge < -0.3 is 8.98 Å². The zero-order chi connectivity index (χ0) is 37.5. The van der Waals surface area contributed by atoms with Crippen molar-refractivity contribution >= 4 is 75.3 Å². The summed E-state index contributed by atoms with van der Waals surface area (Å²) in [5.41, 5.74) is 10.2. The van der Waals surface area contributed by atoms with Crippen molar-refractivity contribution in [2.24, 2.45) is 0 Å². The van der Waals surface area contributed by atoms with Gasteiger partial charge in [-0.25, -0.2) is 15.0 Å². The van der Waals surface area contributed by atoms with Crippen molar-refractivity contribution in [1.29, 1.82) is 0 Å². The zero-order valence-corrected chi connectivity index (χ0v) is 31.2. The van der Waals surface area contributed by atoms with Gasteiger partial charge >= 0.3 is 0 Å². The van der Waals surface area contributed by atoms with Crippen LogP contribution in [0, 0.1) is 0 Å². The molecular weight excluding hydrogens is 717 g/mol. The number of para-hydroxylation sites is 3. The molecule has 0 aliphatic rings. The number of aromatic nitrogens is 4. The molecule has 8 aromatic carbocycles. The molecule has 5 nitrogen and oxygen atoms in total. The van der Waals surface area contributed by atoms with E-state index < -0.39 is 0 Å². The van der Waals surface area contributed by atoms with Crippen LogP contribution >= 0.6 is 11.3 Å². The number of fused-ring (bicyclic) bond motifs is 9. The number of nitrogens with zero attached hydrogens (tertiary/aromatic N) is 4. The van der Waals surface area contributed by atoms with Crippen LogP contribution < -0.4 is 0 Å². The van der Waals surface area contributed by atoms with Gasteiger partial charge in [0.2, 0.25) is 0 Å². The number of furan rings is 1. The van der Waals surface area contributed by atoms with E-state index in [2.05, 4.69) is 126 Å². The third-order valence-electron chi connectivity index (χ3n) is 11.1. The summed E-state index contributed by atoms with van der Waals surface area (Å²) in [5, 5.41) is 7.01. The monoisotopic (exact) mass is 746 g/mol. The molecule has 0 bridgehead atoms. The first kappa shape index (κ1) is 31.9. The highest BCUT2D eigenvalue weighted by Gasteiger charge is 2.21. The maximum Gasteiger partial charge on any atom is 0.164 e. The molecule has 0 aliphatic heterocycles. The minimum absolute atomic E-state index is 0.637. The van der Waals surface area contributed by atoms with Crippen molar-refractivity contribution in [1.82, 2.24) is 19.5 Å². The molecule has 12 rings (SSSR count). The Labute approximate surface area is 330 Å². The lowest BCUT2D eigenvalue weighted by Crippen LogP contribution is -2.00. The number of benzene rings is 8. The van der Waals surface area contributed by atoms with Crippen molar-refractivity contribution in [2.45, 2.75) is 0 Å². The summed E-state index contributed by atoms with van der Waals surface area (Å²) in [5.74, 6) is 1.93. The number of rotatable bonds is 5. The van der Waals surface area contributed by atoms with Crippen molar-refractivity contribution in [3.8, 4) is 51.0 Å². The molecule has 4 heterocycles. The highest BCUT2D eigenvalue weighted by atomic mass is 32.1. The van der Waals surface area contributed by atoms with E-state index in [1.165, 1.54) is 36.6 Å². The predicted molar refractivity (Wildman–Crippen MR) is 236 cm³/mol. The van der Waals surface area contributed by atoms with Crippen molar-refractivity contribution in [3.63, 3.8) is 0 Å². The first-order chi connectivity index (χ1) is 28.3. The second-order valence-electron chi connectivity index (χ2n) is 14.3. The standard InChI is InChI=1S/C51H30N4OS/c1-3-14-31(15-4-1)49-52-50(32-16-5-2-6-17-32)54-51(53-49)33-28-29-44-39(30-33)46-36(20-12-27-45(46)57-44)37-21-11-22-38-47-42(25-13-26-43(47)56-48(37)38)55-40-23-9-7-18-34(40)35-19-8-10-24-41(35)55/h1-30H. The fourth-order valence-corrected chi connectivity index (χ4v) is 9.65. The van der Waals surface area contributed by atoms with E-state index in [0.29, 0.717) is 17.5 Å². The Morgan fingerprint density at radius 1 is 0.404 bits per heavy atom. The van der Waals surface area contributed by atoms with E-state index in [0.717, 1.165) is 60.8 Å². The Morgan fingerprint density at radius 3 is 1.68 bits per heavy atom. The smallest absolute Gasteiger partial charge is 0.164 e. The van der Waals surface area contributed by atoms with E-state index in [1.54, 1.807) is 11.3 Å². The molecule has 0 N–H and O–H groups in total. The van der Waals surface area contributed by atoms with Crippen LogP contribution in [0.5, 0.6) is 0 Å². The Morgan fingerprint density at radius 2 is 0.982 bits per heavy atom. The summed E-state index contributed by atoms with van der Waals surface area (Å²) in [7, 11) is 0. The number of thiophene rings is 1. The highest BCUT2D eigenvalue weighted by molar-refractivity contribution is 7.26. The van der Waals surface area contributed by atoms with Crippen LogP contribution in [-0.2, 0) is 0 Å². The second kappa shape index (κ2) is 12.6. The van der Waals surface area contributed by atoms with Gasteiger partial charge in [-0.2, -0.15) is 0 Å². The lowest BCUT2D eigenvalue weighted by atomic mass is 9.97. The first-order valence-electron chi connectivity index (χ1n) is 19.0. The van der Waals surface area contributed by atoms with Crippen LogP contribution in [0.1, 0.15) is 0 Å². The molecule has 0 atom stereocenters. The van der Waals surface area contributed by atoms with Gasteiger partial charge in [0.1, 0.15) is 11.2 Å². The minimum Gasteiger partial charge on any atom is -0.455 e. The SMILES string of the molecule is c1ccc(-c2nc(-c3ccccc3)nc(-c3ccc4sc5cccc(-c6cccc7c6oc6cccc(-n8c9ccccc9c9ccccc98)c67)c5c4c3)n2)cc1. The molecular formula is C51H30N4OS. The molecule has 12 aromatic rings. The first-order valence-corrected chi connectivity index (χ1v) is 19.8. The minimum atomic E-state index is 0.637. The van der Waals surface area contributed by atoms with Gasteiger partial charge in [-0.3, -0.25) is 0 Å². The van der Waals surface area contributed by atoms with Crippen LogP contribution in [0.2, 0.25) is 0 Å². The van der Waals surface area contributed by atoms with Crippen molar-refractivity contribution in [2.75, 3.05) is 0 Å². The normalized spacial score (nSPS) is 11.9. The van der Waals surface area contributed by atoms with E-state index in [-0.39, 0.29) is 0 Å².